The van der Waals surface area contributed by atoms with Crippen LogP contribution in [0.15, 0.2) is 29.2 Å². The first-order valence-corrected chi connectivity index (χ1v) is 5.77. The van der Waals surface area contributed by atoms with Crippen LogP contribution in [0, 0.1) is 5.92 Å². The molecule has 0 unspecified atom stereocenters. The molecule has 0 saturated heterocycles. The van der Waals surface area contributed by atoms with Crippen LogP contribution in [0.1, 0.15) is 25.5 Å². The van der Waals surface area contributed by atoms with E-state index >= 15 is 0 Å². The van der Waals surface area contributed by atoms with E-state index in [1.165, 1.54) is 10.5 Å². The average Bonchev–Trinajstić information content (AvgIpc) is 2.16. The highest BCUT2D eigenvalue weighted by atomic mass is 32.2. The zero-order valence-electron chi connectivity index (χ0n) is 8.45. The Morgan fingerprint density at radius 3 is 2.38 bits per heavy atom. The minimum atomic E-state index is 0.156. The zero-order chi connectivity index (χ0) is 9.84. The molecule has 0 aliphatic carbocycles. The molecule has 2 N–H and O–H groups in total. The standard InChI is InChI=1S/C11H17NS/c1-8(2)11(12)9-6-4-5-7-10(9)13-3/h4-8,11H,12H2,1-3H3/t11-/m1/s1. The van der Waals surface area contributed by atoms with E-state index in [4.69, 9.17) is 5.73 Å². The SMILES string of the molecule is CSc1ccccc1[C@H](N)C(C)C. The highest BCUT2D eigenvalue weighted by molar-refractivity contribution is 7.98. The monoisotopic (exact) mass is 195 g/mol. The van der Waals surface area contributed by atoms with Gasteiger partial charge in [-0.1, -0.05) is 32.0 Å². The summed E-state index contributed by atoms with van der Waals surface area (Å²) in [5.41, 5.74) is 7.37. The minimum absolute atomic E-state index is 0.156. The normalized spacial score (nSPS) is 13.3. The highest BCUT2D eigenvalue weighted by Gasteiger charge is 2.12. The van der Waals surface area contributed by atoms with Crippen LogP contribution < -0.4 is 5.73 Å². The van der Waals surface area contributed by atoms with Crippen molar-refractivity contribution in [3.63, 3.8) is 0 Å². The maximum absolute atomic E-state index is 6.10. The van der Waals surface area contributed by atoms with Crippen LogP contribution in [0.25, 0.3) is 0 Å². The summed E-state index contributed by atoms with van der Waals surface area (Å²) < 4.78 is 0. The van der Waals surface area contributed by atoms with Crippen LogP contribution in [0.3, 0.4) is 0 Å². The van der Waals surface area contributed by atoms with Gasteiger partial charge in [0, 0.05) is 10.9 Å². The molecule has 0 amide bonds. The lowest BCUT2D eigenvalue weighted by atomic mass is 9.97. The average molecular weight is 195 g/mol. The molecule has 1 rings (SSSR count). The summed E-state index contributed by atoms with van der Waals surface area (Å²) in [4.78, 5) is 1.30. The van der Waals surface area contributed by atoms with Crippen molar-refractivity contribution >= 4 is 11.8 Å². The quantitative estimate of drug-likeness (QED) is 0.750. The number of hydrogen-bond acceptors (Lipinski definition) is 2. The van der Waals surface area contributed by atoms with Gasteiger partial charge in [0.15, 0.2) is 0 Å². The van der Waals surface area contributed by atoms with Crippen LogP contribution >= 0.6 is 11.8 Å². The highest BCUT2D eigenvalue weighted by Crippen LogP contribution is 2.28. The molecular weight excluding hydrogens is 178 g/mol. The molecule has 0 aromatic heterocycles. The smallest absolute Gasteiger partial charge is 0.0329 e. The molecule has 1 aromatic carbocycles. The largest absolute Gasteiger partial charge is 0.324 e. The van der Waals surface area contributed by atoms with Crippen molar-refractivity contribution in [3.05, 3.63) is 29.8 Å². The van der Waals surface area contributed by atoms with Gasteiger partial charge >= 0.3 is 0 Å². The van der Waals surface area contributed by atoms with Crippen LogP contribution in [0.4, 0.5) is 0 Å². The first kappa shape index (κ1) is 10.6. The van der Waals surface area contributed by atoms with E-state index in [-0.39, 0.29) is 6.04 Å². The summed E-state index contributed by atoms with van der Waals surface area (Å²) in [5.74, 6) is 0.494. The van der Waals surface area contributed by atoms with Crippen molar-refractivity contribution < 1.29 is 0 Å². The van der Waals surface area contributed by atoms with Crippen molar-refractivity contribution in [2.45, 2.75) is 24.8 Å². The molecule has 1 atom stereocenters. The number of hydrogen-bond donors (Lipinski definition) is 1. The molecule has 0 spiro atoms. The van der Waals surface area contributed by atoms with Gasteiger partial charge in [-0.25, -0.2) is 0 Å². The lowest BCUT2D eigenvalue weighted by Crippen LogP contribution is -2.17. The second-order valence-corrected chi connectivity index (χ2v) is 4.36. The predicted molar refractivity (Wildman–Crippen MR) is 60.0 cm³/mol. The fraction of sp³-hybridized carbons (Fsp3) is 0.455. The van der Waals surface area contributed by atoms with E-state index in [9.17, 15) is 0 Å². The number of thioether (sulfide) groups is 1. The lowest BCUT2D eigenvalue weighted by Gasteiger charge is -2.18. The Hall–Kier alpha value is -0.470. The summed E-state index contributed by atoms with van der Waals surface area (Å²) >= 11 is 1.76. The van der Waals surface area contributed by atoms with E-state index in [1.807, 2.05) is 0 Å². The van der Waals surface area contributed by atoms with E-state index in [1.54, 1.807) is 11.8 Å². The van der Waals surface area contributed by atoms with Crippen molar-refractivity contribution in [1.29, 1.82) is 0 Å². The molecule has 2 heteroatoms. The van der Waals surface area contributed by atoms with E-state index in [2.05, 4.69) is 44.4 Å². The van der Waals surface area contributed by atoms with Crippen molar-refractivity contribution in [3.8, 4) is 0 Å². The minimum Gasteiger partial charge on any atom is -0.324 e. The van der Waals surface area contributed by atoms with Crippen LogP contribution in [0.5, 0.6) is 0 Å². The fourth-order valence-corrected chi connectivity index (χ4v) is 1.96. The molecule has 1 nitrogen and oxygen atoms in total. The van der Waals surface area contributed by atoms with Crippen molar-refractivity contribution in [2.24, 2.45) is 11.7 Å². The molecular formula is C11H17NS. The predicted octanol–water partition coefficient (Wildman–Crippen LogP) is 3.06. The number of nitrogens with two attached hydrogens (primary N) is 1. The number of rotatable bonds is 3. The summed E-state index contributed by atoms with van der Waals surface area (Å²) in [6, 6.07) is 8.52. The molecule has 0 saturated carbocycles. The van der Waals surface area contributed by atoms with Crippen LogP contribution in [0.2, 0.25) is 0 Å². The molecule has 0 aliphatic rings. The second kappa shape index (κ2) is 4.68. The van der Waals surface area contributed by atoms with E-state index in [0.717, 1.165) is 0 Å². The Labute approximate surface area is 84.7 Å². The van der Waals surface area contributed by atoms with Crippen molar-refractivity contribution in [1.82, 2.24) is 0 Å². The van der Waals surface area contributed by atoms with Gasteiger partial charge in [0.1, 0.15) is 0 Å². The Morgan fingerprint density at radius 1 is 1.23 bits per heavy atom. The molecule has 72 valence electrons. The first-order chi connectivity index (χ1) is 6.16. The van der Waals surface area contributed by atoms with Crippen LogP contribution in [-0.4, -0.2) is 6.26 Å². The van der Waals surface area contributed by atoms with Crippen LogP contribution in [-0.2, 0) is 0 Å². The lowest BCUT2D eigenvalue weighted by molar-refractivity contribution is 0.508. The molecule has 0 bridgehead atoms. The summed E-state index contributed by atoms with van der Waals surface area (Å²) in [6.45, 7) is 4.31. The van der Waals surface area contributed by atoms with Gasteiger partial charge in [-0.3, -0.25) is 0 Å². The fourth-order valence-electron chi connectivity index (χ4n) is 1.30. The van der Waals surface area contributed by atoms with Gasteiger partial charge in [-0.05, 0) is 23.8 Å². The summed E-state index contributed by atoms with van der Waals surface area (Å²) in [7, 11) is 0. The first-order valence-electron chi connectivity index (χ1n) is 4.55. The Bertz CT molecular complexity index is 271. The summed E-state index contributed by atoms with van der Waals surface area (Å²) in [5, 5.41) is 0. The van der Waals surface area contributed by atoms with Gasteiger partial charge in [0.25, 0.3) is 0 Å². The molecule has 0 aliphatic heterocycles. The third-order valence-corrected chi connectivity index (χ3v) is 3.03. The third kappa shape index (κ3) is 2.48. The number of benzene rings is 1. The Morgan fingerprint density at radius 2 is 1.85 bits per heavy atom. The van der Waals surface area contributed by atoms with Gasteiger partial charge in [0.2, 0.25) is 0 Å². The molecule has 0 fully saturated rings. The van der Waals surface area contributed by atoms with E-state index in [0.29, 0.717) is 5.92 Å². The Balaban J connectivity index is 2.98. The maximum atomic E-state index is 6.10. The van der Waals surface area contributed by atoms with Gasteiger partial charge in [-0.2, -0.15) is 0 Å². The third-order valence-electron chi connectivity index (χ3n) is 2.22. The molecule has 0 radical (unpaired) electrons. The van der Waals surface area contributed by atoms with Gasteiger partial charge in [-0.15, -0.1) is 11.8 Å². The van der Waals surface area contributed by atoms with Crippen molar-refractivity contribution in [2.75, 3.05) is 6.26 Å². The Kier molecular flexibility index (Phi) is 3.82. The van der Waals surface area contributed by atoms with E-state index < -0.39 is 0 Å². The molecule has 1 aromatic rings. The van der Waals surface area contributed by atoms with Gasteiger partial charge in [0.05, 0.1) is 0 Å². The zero-order valence-corrected chi connectivity index (χ0v) is 9.27. The maximum Gasteiger partial charge on any atom is 0.0329 e. The molecule has 13 heavy (non-hydrogen) atoms. The topological polar surface area (TPSA) is 26.0 Å². The summed E-state index contributed by atoms with van der Waals surface area (Å²) in [6.07, 6.45) is 2.09. The van der Waals surface area contributed by atoms with Gasteiger partial charge < -0.3 is 5.73 Å². The second-order valence-electron chi connectivity index (χ2n) is 3.51. The molecule has 0 heterocycles.